The average molecular weight is 338 g/mol. The van der Waals surface area contributed by atoms with Gasteiger partial charge in [-0.1, -0.05) is 27.7 Å². The van der Waals surface area contributed by atoms with Gasteiger partial charge in [0.25, 0.3) is 10.1 Å². The van der Waals surface area contributed by atoms with Gasteiger partial charge in [0.15, 0.2) is 5.25 Å². The summed E-state index contributed by atoms with van der Waals surface area (Å²) in [5.41, 5.74) is 0. The van der Waals surface area contributed by atoms with Gasteiger partial charge in [0.2, 0.25) is 0 Å². The molecular formula is C14H26O7S. The monoisotopic (exact) mass is 338 g/mol. The van der Waals surface area contributed by atoms with E-state index in [9.17, 15) is 18.0 Å². The van der Waals surface area contributed by atoms with Crippen molar-refractivity contribution in [2.45, 2.75) is 52.2 Å². The maximum absolute atomic E-state index is 11.7. The predicted octanol–water partition coefficient (Wildman–Crippen LogP) is 1.81. The topological polar surface area (TPSA) is 107 Å². The van der Waals surface area contributed by atoms with E-state index >= 15 is 0 Å². The van der Waals surface area contributed by atoms with Crippen molar-refractivity contribution in [1.82, 2.24) is 0 Å². The summed E-state index contributed by atoms with van der Waals surface area (Å²) in [6.07, 6.45) is 0.432. The van der Waals surface area contributed by atoms with Crippen molar-refractivity contribution >= 4 is 22.1 Å². The zero-order chi connectivity index (χ0) is 17.3. The van der Waals surface area contributed by atoms with E-state index in [1.54, 1.807) is 0 Å². The molecule has 0 amide bonds. The van der Waals surface area contributed by atoms with E-state index in [4.69, 9.17) is 14.0 Å². The maximum atomic E-state index is 11.7. The molecule has 1 unspecified atom stereocenters. The molecule has 1 N–H and O–H groups in total. The highest BCUT2D eigenvalue weighted by Crippen LogP contribution is 2.10. The standard InChI is InChI=1S/C14H26O7S/c1-10(2)5-7-20-13(15)9-12(22(17,18)19)14(16)21-8-6-11(3)4/h10-12H,5-9H2,1-4H3,(H,17,18,19). The Labute approximate surface area is 132 Å². The molecule has 0 fully saturated rings. The third kappa shape index (κ3) is 9.73. The Morgan fingerprint density at radius 3 is 1.82 bits per heavy atom. The number of ether oxygens (including phenoxy) is 2. The van der Waals surface area contributed by atoms with Gasteiger partial charge in [0, 0.05) is 0 Å². The summed E-state index contributed by atoms with van der Waals surface area (Å²) in [6.45, 7) is 7.89. The first kappa shape index (κ1) is 20.9. The SMILES string of the molecule is CC(C)CCOC(=O)CC(C(=O)OCCC(C)C)S(=O)(=O)O. The second kappa shape index (κ2) is 9.78. The van der Waals surface area contributed by atoms with Crippen molar-refractivity contribution in [3.8, 4) is 0 Å². The van der Waals surface area contributed by atoms with E-state index < -0.39 is 33.7 Å². The highest BCUT2D eigenvalue weighted by molar-refractivity contribution is 7.87. The van der Waals surface area contributed by atoms with Crippen LogP contribution in [0.25, 0.3) is 0 Å². The molecule has 130 valence electrons. The number of hydrogen-bond acceptors (Lipinski definition) is 6. The molecule has 0 saturated carbocycles. The summed E-state index contributed by atoms with van der Waals surface area (Å²) in [6, 6.07) is 0. The molecule has 0 aliphatic rings. The molecule has 0 spiro atoms. The molecule has 0 heterocycles. The fourth-order valence-corrected chi connectivity index (χ4v) is 2.08. The van der Waals surface area contributed by atoms with Gasteiger partial charge in [-0.05, 0) is 24.7 Å². The molecule has 22 heavy (non-hydrogen) atoms. The van der Waals surface area contributed by atoms with Gasteiger partial charge in [-0.3, -0.25) is 14.1 Å². The number of carbonyl (C=O) groups is 2. The molecule has 0 radical (unpaired) electrons. The second-order valence-electron chi connectivity index (χ2n) is 5.96. The Kier molecular flexibility index (Phi) is 9.27. The Hall–Kier alpha value is -1.15. The number of esters is 2. The largest absolute Gasteiger partial charge is 0.466 e. The number of hydrogen-bond donors (Lipinski definition) is 1. The molecule has 0 aromatic carbocycles. The molecule has 0 aromatic rings. The van der Waals surface area contributed by atoms with Crippen LogP contribution in [-0.2, 0) is 29.2 Å². The first-order valence-corrected chi connectivity index (χ1v) is 8.83. The lowest BCUT2D eigenvalue weighted by Gasteiger charge is -2.14. The van der Waals surface area contributed by atoms with E-state index in [-0.39, 0.29) is 19.1 Å². The first-order valence-electron chi connectivity index (χ1n) is 7.32. The van der Waals surface area contributed by atoms with Gasteiger partial charge in [0.1, 0.15) is 0 Å². The highest BCUT2D eigenvalue weighted by Gasteiger charge is 2.35. The molecule has 0 aliphatic heterocycles. The summed E-state index contributed by atoms with van der Waals surface area (Å²) in [5, 5.41) is -1.94. The summed E-state index contributed by atoms with van der Waals surface area (Å²) >= 11 is 0. The normalized spacial score (nSPS) is 13.2. The molecule has 0 saturated heterocycles. The number of carbonyl (C=O) groups excluding carboxylic acids is 2. The molecule has 0 rings (SSSR count). The van der Waals surface area contributed by atoms with E-state index in [1.165, 1.54) is 0 Å². The smallest absolute Gasteiger partial charge is 0.327 e. The molecule has 0 aliphatic carbocycles. The van der Waals surface area contributed by atoms with Crippen molar-refractivity contribution in [3.63, 3.8) is 0 Å². The van der Waals surface area contributed by atoms with Crippen molar-refractivity contribution in [1.29, 1.82) is 0 Å². The molecular weight excluding hydrogens is 312 g/mol. The lowest BCUT2D eigenvalue weighted by Crippen LogP contribution is -2.34. The van der Waals surface area contributed by atoms with Crippen LogP contribution in [0.15, 0.2) is 0 Å². The van der Waals surface area contributed by atoms with Gasteiger partial charge >= 0.3 is 11.9 Å². The molecule has 0 aromatic heterocycles. The van der Waals surface area contributed by atoms with Crippen LogP contribution in [0.5, 0.6) is 0 Å². The Balaban J connectivity index is 4.53. The first-order chi connectivity index (χ1) is 10.0. The molecule has 7 nitrogen and oxygen atoms in total. The minimum Gasteiger partial charge on any atom is -0.466 e. The van der Waals surface area contributed by atoms with Gasteiger partial charge in [-0.15, -0.1) is 0 Å². The van der Waals surface area contributed by atoms with Crippen LogP contribution in [0.2, 0.25) is 0 Å². The summed E-state index contributed by atoms with van der Waals surface area (Å²) in [7, 11) is -4.73. The molecule has 8 heteroatoms. The van der Waals surface area contributed by atoms with E-state index in [2.05, 4.69) is 0 Å². The number of rotatable bonds is 10. The summed E-state index contributed by atoms with van der Waals surface area (Å²) in [4.78, 5) is 23.3. The van der Waals surface area contributed by atoms with Crippen LogP contribution < -0.4 is 0 Å². The van der Waals surface area contributed by atoms with Gasteiger partial charge in [-0.2, -0.15) is 8.42 Å². The zero-order valence-electron chi connectivity index (χ0n) is 13.6. The fraction of sp³-hybridized carbons (Fsp3) is 0.857. The molecule has 1 atom stereocenters. The van der Waals surface area contributed by atoms with E-state index in [0.717, 1.165) is 0 Å². The lowest BCUT2D eigenvalue weighted by atomic mass is 10.1. The summed E-state index contributed by atoms with van der Waals surface area (Å²) < 4.78 is 41.2. The minimum absolute atomic E-state index is 0.0327. The highest BCUT2D eigenvalue weighted by atomic mass is 32.2. The van der Waals surface area contributed by atoms with Gasteiger partial charge in [0.05, 0.1) is 19.6 Å². The van der Waals surface area contributed by atoms with Crippen molar-refractivity contribution < 1.29 is 32.0 Å². The zero-order valence-corrected chi connectivity index (χ0v) is 14.4. The second-order valence-corrected chi connectivity index (χ2v) is 7.56. The Bertz CT molecular complexity index is 454. The van der Waals surface area contributed by atoms with Crippen LogP contribution >= 0.6 is 0 Å². The van der Waals surface area contributed by atoms with Crippen LogP contribution in [0.3, 0.4) is 0 Å². The molecule has 0 bridgehead atoms. The minimum atomic E-state index is -4.73. The quantitative estimate of drug-likeness (QED) is 0.478. The van der Waals surface area contributed by atoms with Crippen molar-refractivity contribution in [3.05, 3.63) is 0 Å². The van der Waals surface area contributed by atoms with E-state index in [0.29, 0.717) is 18.8 Å². The van der Waals surface area contributed by atoms with Crippen LogP contribution in [-0.4, -0.2) is 43.4 Å². The third-order valence-corrected chi connectivity index (χ3v) is 3.95. The van der Waals surface area contributed by atoms with Crippen LogP contribution in [0.1, 0.15) is 47.0 Å². The van der Waals surface area contributed by atoms with Crippen molar-refractivity contribution in [2.24, 2.45) is 11.8 Å². The third-order valence-electron chi connectivity index (χ3n) is 2.87. The predicted molar refractivity (Wildman–Crippen MR) is 80.8 cm³/mol. The van der Waals surface area contributed by atoms with Crippen molar-refractivity contribution in [2.75, 3.05) is 13.2 Å². The fourth-order valence-electron chi connectivity index (χ4n) is 1.42. The summed E-state index contributed by atoms with van der Waals surface area (Å²) in [5.74, 6) is -1.39. The van der Waals surface area contributed by atoms with Crippen LogP contribution in [0.4, 0.5) is 0 Å². The Morgan fingerprint density at radius 1 is 0.955 bits per heavy atom. The van der Waals surface area contributed by atoms with Gasteiger partial charge in [-0.25, -0.2) is 0 Å². The van der Waals surface area contributed by atoms with Gasteiger partial charge < -0.3 is 9.47 Å². The van der Waals surface area contributed by atoms with Crippen LogP contribution in [0, 0.1) is 11.8 Å². The lowest BCUT2D eigenvalue weighted by molar-refractivity contribution is -0.150. The van der Waals surface area contributed by atoms with E-state index in [1.807, 2.05) is 27.7 Å². The maximum Gasteiger partial charge on any atom is 0.327 e. The average Bonchev–Trinajstić information content (AvgIpc) is 2.33. The Morgan fingerprint density at radius 2 is 1.41 bits per heavy atom.